The Morgan fingerprint density at radius 2 is 1.86 bits per heavy atom. The normalized spacial score (nSPS) is 21.9. The minimum Gasteiger partial charge on any atom is -0.394 e. The summed E-state index contributed by atoms with van der Waals surface area (Å²) in [7, 11) is 1.43. The molecule has 2 aromatic carbocycles. The first-order chi connectivity index (χ1) is 19.9. The third-order valence-electron chi connectivity index (χ3n) is 7.51. The first-order valence-corrected chi connectivity index (χ1v) is 13.5. The molecule has 1 saturated heterocycles. The average Bonchev–Trinajstić information content (AvgIpc) is 3.82. The summed E-state index contributed by atoms with van der Waals surface area (Å²) in [4.78, 5) is 48.0. The van der Waals surface area contributed by atoms with Gasteiger partial charge in [-0.25, -0.2) is 4.99 Å². The summed E-state index contributed by atoms with van der Waals surface area (Å²) in [5.74, 6) is -2.83. The first-order valence-electron chi connectivity index (χ1n) is 13.5. The molecule has 0 aromatic heterocycles. The molecule has 3 atom stereocenters. The Labute approximate surface area is 241 Å². The number of likely N-dealkylation sites (N-methyl/N-ethyl adjacent to an activating group) is 2. The zero-order valence-corrected chi connectivity index (χ0v) is 23.4. The molecule has 42 heavy (non-hydrogen) atoms. The van der Waals surface area contributed by atoms with Gasteiger partial charge in [0.2, 0.25) is 0 Å². The number of carbonyl (C=O) groups excluding carboxylic acids is 3. The number of aliphatic imine (C=N–C) groups is 1. The number of amides is 3. The highest BCUT2D eigenvalue weighted by molar-refractivity contribution is 6.17. The van der Waals surface area contributed by atoms with Crippen LogP contribution in [0.3, 0.4) is 0 Å². The van der Waals surface area contributed by atoms with Crippen molar-refractivity contribution >= 4 is 29.2 Å². The van der Waals surface area contributed by atoms with Crippen LogP contribution in [0, 0.1) is 23.2 Å². The van der Waals surface area contributed by atoms with Gasteiger partial charge in [-0.15, -0.1) is 0 Å². The third kappa shape index (κ3) is 6.15. The van der Waals surface area contributed by atoms with Crippen molar-refractivity contribution in [1.82, 2.24) is 15.1 Å². The van der Waals surface area contributed by atoms with Crippen LogP contribution in [0.4, 0.5) is 18.9 Å². The highest BCUT2D eigenvalue weighted by Gasteiger charge is 2.51. The number of nitriles is 1. The van der Waals surface area contributed by atoms with Crippen molar-refractivity contribution in [3.63, 3.8) is 0 Å². The Bertz CT molecular complexity index is 1480. The molecule has 1 heterocycles. The lowest BCUT2D eigenvalue weighted by Crippen LogP contribution is -2.61. The molecule has 0 spiro atoms. The number of likely N-dealkylation sites (tertiary alicyclic amines) is 1. The number of halogens is 3. The number of benzene rings is 2. The predicted octanol–water partition coefficient (Wildman–Crippen LogP) is 4.01. The second-order valence-electron chi connectivity index (χ2n) is 10.3. The van der Waals surface area contributed by atoms with Gasteiger partial charge in [-0.3, -0.25) is 19.3 Å². The van der Waals surface area contributed by atoms with E-state index in [0.717, 1.165) is 18.2 Å². The number of nitrogens with one attached hydrogen (secondary N) is 1. The van der Waals surface area contributed by atoms with E-state index in [9.17, 15) is 32.8 Å². The zero-order valence-electron chi connectivity index (χ0n) is 23.4. The van der Waals surface area contributed by atoms with Crippen molar-refractivity contribution in [3.05, 3.63) is 77.0 Å². The van der Waals surface area contributed by atoms with E-state index in [2.05, 4.69) is 5.32 Å². The highest BCUT2D eigenvalue weighted by atomic mass is 19.4. The summed E-state index contributed by atoms with van der Waals surface area (Å²) >= 11 is 0. The number of hydrogen-bond donors (Lipinski definition) is 2. The number of amidine groups is 1. The summed E-state index contributed by atoms with van der Waals surface area (Å²) < 4.78 is 40.0. The van der Waals surface area contributed by atoms with Gasteiger partial charge in [0, 0.05) is 30.6 Å². The van der Waals surface area contributed by atoms with Gasteiger partial charge < -0.3 is 16.0 Å². The first kappa shape index (κ1) is 30.3. The minimum atomic E-state index is -4.66. The Morgan fingerprint density at radius 1 is 1.19 bits per heavy atom. The molecule has 2 fully saturated rings. The second-order valence-corrected chi connectivity index (χ2v) is 10.3. The molecule has 0 radical (unpaired) electrons. The van der Waals surface area contributed by atoms with Gasteiger partial charge in [0.05, 0.1) is 17.3 Å². The maximum absolute atomic E-state index is 14.0. The van der Waals surface area contributed by atoms with Gasteiger partial charge in [0.1, 0.15) is 23.6 Å². The quantitative estimate of drug-likeness (QED) is 0.478. The second kappa shape index (κ2) is 12.1. The van der Waals surface area contributed by atoms with E-state index in [-0.39, 0.29) is 35.1 Å². The number of para-hydroxylation sites is 1. The fourth-order valence-corrected chi connectivity index (χ4v) is 4.98. The number of hydrogen-bond acceptors (Lipinski definition) is 6. The molecule has 1 aliphatic heterocycles. The van der Waals surface area contributed by atoms with Gasteiger partial charge in [0.15, 0.2) is 0 Å². The molecule has 1 unspecified atom stereocenters. The predicted molar refractivity (Wildman–Crippen MR) is 149 cm³/mol. The smallest absolute Gasteiger partial charge is 0.394 e. The molecule has 2 aliphatic rings. The van der Waals surface area contributed by atoms with E-state index < -0.39 is 47.5 Å². The van der Waals surface area contributed by atoms with Crippen molar-refractivity contribution in [2.24, 2.45) is 22.6 Å². The summed E-state index contributed by atoms with van der Waals surface area (Å²) in [6.45, 7) is 3.34. The van der Waals surface area contributed by atoms with Gasteiger partial charge in [-0.1, -0.05) is 24.3 Å². The molecular formula is C30H31F3N6O3. The van der Waals surface area contributed by atoms with E-state index >= 15 is 0 Å². The van der Waals surface area contributed by atoms with Crippen LogP contribution in [-0.4, -0.2) is 59.0 Å². The van der Waals surface area contributed by atoms with Gasteiger partial charge >= 0.3 is 6.18 Å². The van der Waals surface area contributed by atoms with Crippen LogP contribution in [0.15, 0.2) is 70.9 Å². The Morgan fingerprint density at radius 3 is 2.43 bits per heavy atom. The van der Waals surface area contributed by atoms with Crippen molar-refractivity contribution < 1.29 is 27.6 Å². The Hall–Kier alpha value is -4.66. The van der Waals surface area contributed by atoms with E-state index in [1.165, 1.54) is 29.8 Å². The number of carbonyl (C=O) groups is 3. The van der Waals surface area contributed by atoms with Gasteiger partial charge in [0.25, 0.3) is 17.7 Å². The number of nitrogens with zero attached hydrogens (tertiary/aromatic N) is 4. The average molecular weight is 581 g/mol. The van der Waals surface area contributed by atoms with Crippen LogP contribution < -0.4 is 11.1 Å². The van der Waals surface area contributed by atoms with Crippen LogP contribution in [-0.2, 0) is 15.8 Å². The van der Waals surface area contributed by atoms with E-state index in [1.807, 2.05) is 6.07 Å². The fraction of sp³-hybridized carbons (Fsp3) is 0.367. The lowest BCUT2D eigenvalue weighted by molar-refractivity contribution is -0.137. The molecule has 12 heteroatoms. The van der Waals surface area contributed by atoms with Crippen molar-refractivity contribution in [1.29, 1.82) is 5.26 Å². The Kier molecular flexibility index (Phi) is 8.70. The number of piperidine rings is 1. The van der Waals surface area contributed by atoms with Crippen LogP contribution >= 0.6 is 0 Å². The van der Waals surface area contributed by atoms with E-state index in [4.69, 9.17) is 10.7 Å². The molecule has 9 nitrogen and oxygen atoms in total. The molecule has 1 aliphatic carbocycles. The monoisotopic (exact) mass is 580 g/mol. The van der Waals surface area contributed by atoms with Crippen molar-refractivity contribution in [2.75, 3.05) is 13.6 Å². The fourth-order valence-electron chi connectivity index (χ4n) is 4.98. The van der Waals surface area contributed by atoms with Crippen LogP contribution in [0.25, 0.3) is 0 Å². The van der Waals surface area contributed by atoms with E-state index in [1.54, 1.807) is 37.3 Å². The summed E-state index contributed by atoms with van der Waals surface area (Å²) in [5.41, 5.74) is 5.80. The van der Waals surface area contributed by atoms with Crippen molar-refractivity contribution in [2.45, 2.75) is 44.9 Å². The zero-order chi connectivity index (χ0) is 30.8. The third-order valence-corrected chi connectivity index (χ3v) is 7.51. The van der Waals surface area contributed by atoms with Gasteiger partial charge in [-0.05, 0) is 62.9 Å². The molecule has 220 valence electrons. The SMILES string of the molecule is CCN1C(=O)[C@@H](NC(=O)c2cccc(C(F)(F)F)c2)[C@@H](C2CC2)/C(=C(/N)C(=O)N(C)C(C)C#N)C1=Nc1ccccc1. The van der Waals surface area contributed by atoms with Crippen LogP contribution in [0.2, 0.25) is 0 Å². The lowest BCUT2D eigenvalue weighted by Gasteiger charge is -2.41. The summed E-state index contributed by atoms with van der Waals surface area (Å²) in [5, 5.41) is 12.0. The van der Waals surface area contributed by atoms with Crippen LogP contribution in [0.1, 0.15) is 42.6 Å². The molecule has 0 bridgehead atoms. The van der Waals surface area contributed by atoms with Crippen LogP contribution in [0.5, 0.6) is 0 Å². The number of alkyl halides is 3. The standard InChI is InChI=1S/C30H31F3N6O3/c1-4-39-26(36-21-11-6-5-7-12-21)23(24(35)28(41)38(3)17(2)16-34)22(18-13-14-18)25(29(39)42)37-27(40)19-9-8-10-20(15-19)30(31,32)33/h5-12,15,17-18,22,25H,4,13-14,35H2,1-3H3,(H,37,40)/b24-23-,36-26?/t17?,22-,25-/m0/s1. The molecular weight excluding hydrogens is 549 g/mol. The molecule has 1 saturated carbocycles. The van der Waals surface area contributed by atoms with E-state index in [0.29, 0.717) is 18.5 Å². The molecule has 3 N–H and O–H groups in total. The molecule has 3 amide bonds. The highest BCUT2D eigenvalue weighted by Crippen LogP contribution is 2.46. The van der Waals surface area contributed by atoms with Gasteiger partial charge in [-0.2, -0.15) is 18.4 Å². The Balaban J connectivity index is 1.86. The lowest BCUT2D eigenvalue weighted by atomic mass is 9.79. The molecule has 4 rings (SSSR count). The minimum absolute atomic E-state index is 0.104. The summed E-state index contributed by atoms with van der Waals surface area (Å²) in [6, 6.07) is 12.6. The summed E-state index contributed by atoms with van der Waals surface area (Å²) in [6.07, 6.45) is -3.31. The largest absolute Gasteiger partial charge is 0.416 e. The molecule has 2 aromatic rings. The maximum Gasteiger partial charge on any atom is 0.416 e. The topological polar surface area (TPSA) is 132 Å². The number of nitrogens with two attached hydrogens (primary N) is 1. The maximum atomic E-state index is 14.0. The van der Waals surface area contributed by atoms with Crippen molar-refractivity contribution in [3.8, 4) is 6.07 Å². The number of rotatable bonds is 7.